The highest BCUT2D eigenvalue weighted by Gasteiger charge is 2.38. The predicted molar refractivity (Wildman–Crippen MR) is 59.3 cm³/mol. The molecule has 0 spiro atoms. The summed E-state index contributed by atoms with van der Waals surface area (Å²) in [5.74, 6) is -7.82. The molecule has 0 aliphatic carbocycles. The standard InChI is InChI=1S/C8H10O8.C2HF3O2/c1-3(9)15-7(13)5(11)6(12)8(14)16-4(2)10;3-2(4,5)1(6)7/h5-6,11-12H,1-2H3;(H,6,7). The van der Waals surface area contributed by atoms with E-state index in [1.165, 1.54) is 0 Å². The van der Waals surface area contributed by atoms with Crippen molar-refractivity contribution >= 4 is 29.8 Å². The summed E-state index contributed by atoms with van der Waals surface area (Å²) >= 11 is 0. The summed E-state index contributed by atoms with van der Waals surface area (Å²) in [7, 11) is 0. The Bertz CT molecular complexity index is 452. The largest absolute Gasteiger partial charge is 0.490 e. The molecule has 0 radical (unpaired) electrons. The van der Waals surface area contributed by atoms with Crippen LogP contribution >= 0.6 is 0 Å². The van der Waals surface area contributed by atoms with E-state index in [2.05, 4.69) is 9.47 Å². The summed E-state index contributed by atoms with van der Waals surface area (Å²) in [5, 5.41) is 25.2. The summed E-state index contributed by atoms with van der Waals surface area (Å²) in [4.78, 5) is 51.2. The van der Waals surface area contributed by atoms with Gasteiger partial charge in [-0.05, 0) is 0 Å². The number of hydrogen-bond acceptors (Lipinski definition) is 9. The van der Waals surface area contributed by atoms with Crippen molar-refractivity contribution in [1.82, 2.24) is 0 Å². The number of esters is 4. The highest BCUT2D eigenvalue weighted by atomic mass is 19.4. The highest BCUT2D eigenvalue weighted by Crippen LogP contribution is 2.13. The van der Waals surface area contributed by atoms with Crippen molar-refractivity contribution < 1.29 is 61.9 Å². The molecule has 0 heterocycles. The number of aliphatic hydroxyl groups excluding tert-OH is 2. The fraction of sp³-hybridized carbons (Fsp3) is 0.500. The number of alkyl halides is 3. The number of carboxylic acid groups (broad SMARTS) is 1. The van der Waals surface area contributed by atoms with E-state index in [1.54, 1.807) is 0 Å². The van der Waals surface area contributed by atoms with Gasteiger partial charge in [0.25, 0.3) is 0 Å². The molecule has 13 heteroatoms. The third-order valence-corrected chi connectivity index (χ3v) is 1.51. The summed E-state index contributed by atoms with van der Waals surface area (Å²) in [6.45, 7) is 1.79. The van der Waals surface area contributed by atoms with Gasteiger partial charge in [-0.25, -0.2) is 14.4 Å². The maximum Gasteiger partial charge on any atom is 0.490 e. The number of aliphatic carboxylic acids is 1. The lowest BCUT2D eigenvalue weighted by atomic mass is 10.2. The molecule has 3 N–H and O–H groups in total. The minimum Gasteiger partial charge on any atom is -0.475 e. The maximum atomic E-state index is 10.8. The van der Waals surface area contributed by atoms with Gasteiger partial charge in [-0.2, -0.15) is 13.2 Å². The molecular formula is C10H11F3O10. The molecule has 10 nitrogen and oxygen atoms in total. The zero-order valence-electron chi connectivity index (χ0n) is 11.5. The van der Waals surface area contributed by atoms with Gasteiger partial charge in [-0.3, -0.25) is 9.59 Å². The summed E-state index contributed by atoms with van der Waals surface area (Å²) in [6, 6.07) is 0. The molecule has 2 unspecified atom stereocenters. The van der Waals surface area contributed by atoms with Crippen LogP contribution in [0.4, 0.5) is 13.2 Å². The van der Waals surface area contributed by atoms with Crippen LogP contribution in [0.25, 0.3) is 0 Å². The molecule has 2 atom stereocenters. The van der Waals surface area contributed by atoms with Crippen LogP contribution in [0.2, 0.25) is 0 Å². The lowest BCUT2D eigenvalue weighted by Gasteiger charge is -2.13. The Morgan fingerprint density at radius 3 is 1.17 bits per heavy atom. The Kier molecular flexibility index (Phi) is 9.36. The summed E-state index contributed by atoms with van der Waals surface area (Å²) in [6.07, 6.45) is -9.67. The van der Waals surface area contributed by atoms with Crippen LogP contribution in [-0.2, 0) is 33.4 Å². The number of carbonyl (C=O) groups is 5. The zero-order chi connectivity index (χ0) is 19.0. The van der Waals surface area contributed by atoms with Crippen molar-refractivity contribution in [1.29, 1.82) is 0 Å². The molecule has 23 heavy (non-hydrogen) atoms. The molecule has 0 aromatic carbocycles. The predicted octanol–water partition coefficient (Wildman–Crippen LogP) is -1.48. The SMILES string of the molecule is CC(=O)OC(=O)C(O)C(O)C(=O)OC(C)=O.O=C(O)C(F)(F)F. The number of halogens is 3. The fourth-order valence-electron chi connectivity index (χ4n) is 0.662. The molecule has 0 aromatic heterocycles. The Morgan fingerprint density at radius 2 is 1.04 bits per heavy atom. The van der Waals surface area contributed by atoms with Crippen LogP contribution in [-0.4, -0.2) is 63.6 Å². The van der Waals surface area contributed by atoms with Gasteiger partial charge in [-0.1, -0.05) is 0 Å². The third-order valence-electron chi connectivity index (χ3n) is 1.51. The lowest BCUT2D eigenvalue weighted by molar-refractivity contribution is -0.192. The first-order chi connectivity index (χ1) is 10.2. The summed E-state index contributed by atoms with van der Waals surface area (Å²) < 4.78 is 39.6. The van der Waals surface area contributed by atoms with E-state index >= 15 is 0 Å². The van der Waals surface area contributed by atoms with Crippen LogP contribution in [0, 0.1) is 0 Å². The van der Waals surface area contributed by atoms with Gasteiger partial charge in [0.15, 0.2) is 12.2 Å². The lowest BCUT2D eigenvalue weighted by Crippen LogP contribution is -2.42. The second-order valence-electron chi connectivity index (χ2n) is 3.52. The van der Waals surface area contributed by atoms with Crippen LogP contribution in [0.5, 0.6) is 0 Å². The Balaban J connectivity index is 0. The molecule has 0 aromatic rings. The number of rotatable bonds is 3. The monoisotopic (exact) mass is 348 g/mol. The number of aliphatic hydroxyl groups is 2. The first-order valence-corrected chi connectivity index (χ1v) is 5.30. The second kappa shape index (κ2) is 9.47. The number of hydrogen-bond donors (Lipinski definition) is 3. The van der Waals surface area contributed by atoms with E-state index in [9.17, 15) is 32.3 Å². The third kappa shape index (κ3) is 10.8. The van der Waals surface area contributed by atoms with Gasteiger partial charge in [0.1, 0.15) is 0 Å². The number of carbonyl (C=O) groups excluding carboxylic acids is 4. The van der Waals surface area contributed by atoms with E-state index in [0.29, 0.717) is 0 Å². The molecule has 0 saturated carbocycles. The van der Waals surface area contributed by atoms with Crippen molar-refractivity contribution in [3.05, 3.63) is 0 Å². The van der Waals surface area contributed by atoms with Crippen molar-refractivity contribution in [3.63, 3.8) is 0 Å². The maximum absolute atomic E-state index is 10.8. The van der Waals surface area contributed by atoms with Crippen LogP contribution < -0.4 is 0 Å². The topological polar surface area (TPSA) is 164 Å². The van der Waals surface area contributed by atoms with Crippen LogP contribution in [0.1, 0.15) is 13.8 Å². The van der Waals surface area contributed by atoms with Gasteiger partial charge >= 0.3 is 36.0 Å². The first kappa shape index (κ1) is 22.7. The Hall–Kier alpha value is -2.54. The van der Waals surface area contributed by atoms with E-state index in [1.807, 2.05) is 0 Å². The minimum atomic E-state index is -5.08. The molecule has 0 saturated heterocycles. The van der Waals surface area contributed by atoms with Gasteiger partial charge < -0.3 is 24.8 Å². The second-order valence-corrected chi connectivity index (χ2v) is 3.52. The van der Waals surface area contributed by atoms with Gasteiger partial charge in [0, 0.05) is 13.8 Å². The van der Waals surface area contributed by atoms with Crippen molar-refractivity contribution in [2.75, 3.05) is 0 Å². The molecule has 132 valence electrons. The first-order valence-electron chi connectivity index (χ1n) is 5.30. The average molecular weight is 348 g/mol. The molecule has 0 amide bonds. The van der Waals surface area contributed by atoms with Gasteiger partial charge in [0.05, 0.1) is 0 Å². The Morgan fingerprint density at radius 1 is 0.826 bits per heavy atom. The quantitative estimate of drug-likeness (QED) is 0.404. The van der Waals surface area contributed by atoms with Crippen molar-refractivity contribution in [2.24, 2.45) is 0 Å². The molecule has 0 rings (SSSR count). The smallest absolute Gasteiger partial charge is 0.475 e. The number of carboxylic acids is 1. The zero-order valence-corrected chi connectivity index (χ0v) is 11.5. The van der Waals surface area contributed by atoms with Crippen molar-refractivity contribution in [3.8, 4) is 0 Å². The normalized spacial score (nSPS) is 12.8. The van der Waals surface area contributed by atoms with E-state index in [4.69, 9.17) is 20.1 Å². The minimum absolute atomic E-state index is 0.894. The highest BCUT2D eigenvalue weighted by molar-refractivity contribution is 5.93. The Labute approximate surface area is 125 Å². The average Bonchev–Trinajstić information content (AvgIpc) is 2.34. The van der Waals surface area contributed by atoms with Gasteiger partial charge in [0.2, 0.25) is 0 Å². The van der Waals surface area contributed by atoms with Crippen LogP contribution in [0.15, 0.2) is 0 Å². The van der Waals surface area contributed by atoms with E-state index in [-0.39, 0.29) is 0 Å². The molecule has 0 aliphatic heterocycles. The molecule has 0 aliphatic rings. The molecule has 0 fully saturated rings. The van der Waals surface area contributed by atoms with Crippen LogP contribution in [0.3, 0.4) is 0 Å². The summed E-state index contributed by atoms with van der Waals surface area (Å²) in [5.41, 5.74) is 0. The van der Waals surface area contributed by atoms with Gasteiger partial charge in [-0.15, -0.1) is 0 Å². The van der Waals surface area contributed by atoms with E-state index in [0.717, 1.165) is 13.8 Å². The van der Waals surface area contributed by atoms with E-state index < -0.39 is 48.2 Å². The number of ether oxygens (including phenoxy) is 2. The fourth-order valence-corrected chi connectivity index (χ4v) is 0.662. The molecule has 0 bridgehead atoms. The molecular weight excluding hydrogens is 337 g/mol. The van der Waals surface area contributed by atoms with Crippen molar-refractivity contribution in [2.45, 2.75) is 32.2 Å².